The SMILES string of the molecule is CS(=O)(=O)Nc1cc(Br)ccc1F. The van der Waals surface area contributed by atoms with E-state index in [1.165, 1.54) is 18.2 Å². The Morgan fingerprint density at radius 1 is 1.46 bits per heavy atom. The number of rotatable bonds is 2. The molecular weight excluding hydrogens is 261 g/mol. The van der Waals surface area contributed by atoms with Crippen molar-refractivity contribution in [1.82, 2.24) is 0 Å². The monoisotopic (exact) mass is 267 g/mol. The summed E-state index contributed by atoms with van der Waals surface area (Å²) in [6.45, 7) is 0. The summed E-state index contributed by atoms with van der Waals surface area (Å²) < 4.78 is 37.2. The molecule has 0 heterocycles. The van der Waals surface area contributed by atoms with Gasteiger partial charge < -0.3 is 0 Å². The lowest BCUT2D eigenvalue weighted by molar-refractivity contribution is 0.603. The number of hydrogen-bond donors (Lipinski definition) is 1. The van der Waals surface area contributed by atoms with Gasteiger partial charge >= 0.3 is 0 Å². The molecule has 0 aromatic heterocycles. The Kier molecular flexibility index (Phi) is 2.92. The first-order valence-corrected chi connectivity index (χ1v) is 6.00. The van der Waals surface area contributed by atoms with Crippen molar-refractivity contribution in [3.63, 3.8) is 0 Å². The Bertz CT molecular complexity index is 419. The molecule has 6 heteroatoms. The molecule has 3 nitrogen and oxygen atoms in total. The predicted octanol–water partition coefficient (Wildman–Crippen LogP) is 1.96. The molecule has 72 valence electrons. The van der Waals surface area contributed by atoms with Gasteiger partial charge in [0.05, 0.1) is 11.9 Å². The molecule has 0 fully saturated rings. The fourth-order valence-electron chi connectivity index (χ4n) is 0.775. The van der Waals surface area contributed by atoms with Crippen LogP contribution in [-0.2, 0) is 10.0 Å². The van der Waals surface area contributed by atoms with Crippen molar-refractivity contribution in [1.29, 1.82) is 0 Å². The van der Waals surface area contributed by atoms with Crippen LogP contribution >= 0.6 is 15.9 Å². The number of nitrogens with one attached hydrogen (secondary N) is 1. The van der Waals surface area contributed by atoms with E-state index in [0.29, 0.717) is 4.47 Å². The van der Waals surface area contributed by atoms with Gasteiger partial charge in [-0.3, -0.25) is 4.72 Å². The van der Waals surface area contributed by atoms with E-state index in [4.69, 9.17) is 0 Å². The van der Waals surface area contributed by atoms with Gasteiger partial charge in [0.1, 0.15) is 5.82 Å². The van der Waals surface area contributed by atoms with Crippen molar-refractivity contribution >= 4 is 31.6 Å². The van der Waals surface area contributed by atoms with Gasteiger partial charge in [0.15, 0.2) is 0 Å². The molecule has 0 aliphatic rings. The summed E-state index contributed by atoms with van der Waals surface area (Å²) in [5.74, 6) is -0.603. The third-order valence-corrected chi connectivity index (χ3v) is 2.31. The van der Waals surface area contributed by atoms with Gasteiger partial charge in [-0.05, 0) is 18.2 Å². The van der Waals surface area contributed by atoms with Crippen LogP contribution < -0.4 is 4.72 Å². The van der Waals surface area contributed by atoms with Crippen molar-refractivity contribution < 1.29 is 12.8 Å². The Morgan fingerprint density at radius 3 is 2.62 bits per heavy atom. The van der Waals surface area contributed by atoms with Gasteiger partial charge in [0.25, 0.3) is 0 Å². The second kappa shape index (κ2) is 3.63. The molecule has 13 heavy (non-hydrogen) atoms. The van der Waals surface area contributed by atoms with Crippen LogP contribution in [0.1, 0.15) is 0 Å². The zero-order valence-corrected chi connectivity index (χ0v) is 9.12. The summed E-state index contributed by atoms with van der Waals surface area (Å²) in [5.41, 5.74) is -0.0584. The largest absolute Gasteiger partial charge is 0.281 e. The third kappa shape index (κ3) is 3.31. The van der Waals surface area contributed by atoms with E-state index in [2.05, 4.69) is 20.7 Å². The smallest absolute Gasteiger partial charge is 0.229 e. The first-order valence-electron chi connectivity index (χ1n) is 3.31. The highest BCUT2D eigenvalue weighted by atomic mass is 79.9. The van der Waals surface area contributed by atoms with Crippen molar-refractivity contribution in [2.75, 3.05) is 11.0 Å². The fourth-order valence-corrected chi connectivity index (χ4v) is 1.69. The highest BCUT2D eigenvalue weighted by Gasteiger charge is 2.07. The average molecular weight is 268 g/mol. The van der Waals surface area contributed by atoms with Gasteiger partial charge in [-0.25, -0.2) is 12.8 Å². The zero-order chi connectivity index (χ0) is 10.1. The van der Waals surface area contributed by atoms with E-state index in [1.807, 2.05) is 0 Å². The van der Waals surface area contributed by atoms with Crippen LogP contribution in [0.2, 0.25) is 0 Å². The first kappa shape index (κ1) is 10.5. The summed E-state index contributed by atoms with van der Waals surface area (Å²) in [6, 6.07) is 4.02. The molecule has 1 aromatic carbocycles. The number of anilines is 1. The summed E-state index contributed by atoms with van der Waals surface area (Å²) >= 11 is 3.10. The fraction of sp³-hybridized carbons (Fsp3) is 0.143. The second-order valence-corrected chi connectivity index (χ2v) is 5.16. The number of sulfonamides is 1. The van der Waals surface area contributed by atoms with E-state index in [0.717, 1.165) is 6.26 Å². The van der Waals surface area contributed by atoms with Gasteiger partial charge in [-0.2, -0.15) is 0 Å². The van der Waals surface area contributed by atoms with E-state index >= 15 is 0 Å². The maximum absolute atomic E-state index is 13.0. The number of halogens is 2. The molecule has 1 aromatic rings. The standard InChI is InChI=1S/C7H7BrFNO2S/c1-13(11,12)10-7-4-5(8)2-3-6(7)9/h2-4,10H,1H3. The topological polar surface area (TPSA) is 46.2 Å². The molecule has 0 aliphatic carbocycles. The molecule has 0 bridgehead atoms. The van der Waals surface area contributed by atoms with E-state index in [1.54, 1.807) is 0 Å². The van der Waals surface area contributed by atoms with Crippen molar-refractivity contribution in [3.8, 4) is 0 Å². The lowest BCUT2D eigenvalue weighted by atomic mass is 10.3. The number of benzene rings is 1. The molecular formula is C7H7BrFNO2S. The Labute approximate surface area is 84.1 Å². The summed E-state index contributed by atoms with van der Waals surface area (Å²) in [7, 11) is -3.43. The van der Waals surface area contributed by atoms with Crippen molar-refractivity contribution in [2.45, 2.75) is 0 Å². The van der Waals surface area contributed by atoms with Crippen LogP contribution in [0.5, 0.6) is 0 Å². The van der Waals surface area contributed by atoms with Crippen molar-refractivity contribution in [2.24, 2.45) is 0 Å². The Balaban J connectivity index is 3.08. The quantitative estimate of drug-likeness (QED) is 0.891. The molecule has 0 atom stereocenters. The van der Waals surface area contributed by atoms with E-state index < -0.39 is 15.8 Å². The van der Waals surface area contributed by atoms with Crippen LogP contribution in [0.3, 0.4) is 0 Å². The maximum atomic E-state index is 13.0. The van der Waals surface area contributed by atoms with E-state index in [-0.39, 0.29) is 5.69 Å². The first-order chi connectivity index (χ1) is 5.88. The minimum atomic E-state index is -3.43. The van der Waals surface area contributed by atoms with Gasteiger partial charge in [0, 0.05) is 4.47 Å². The predicted molar refractivity (Wildman–Crippen MR) is 52.6 cm³/mol. The lowest BCUT2D eigenvalue weighted by Crippen LogP contribution is -2.10. The van der Waals surface area contributed by atoms with Crippen LogP contribution in [0, 0.1) is 5.82 Å². The molecule has 0 aliphatic heterocycles. The minimum absolute atomic E-state index is 0.0584. The molecule has 1 rings (SSSR count). The Hall–Kier alpha value is -0.620. The van der Waals surface area contributed by atoms with Crippen LogP contribution in [0.25, 0.3) is 0 Å². The summed E-state index contributed by atoms with van der Waals surface area (Å²) in [5, 5.41) is 0. The summed E-state index contributed by atoms with van der Waals surface area (Å²) in [4.78, 5) is 0. The minimum Gasteiger partial charge on any atom is -0.281 e. The number of hydrogen-bond acceptors (Lipinski definition) is 2. The lowest BCUT2D eigenvalue weighted by Gasteiger charge is -2.04. The van der Waals surface area contributed by atoms with E-state index in [9.17, 15) is 12.8 Å². The molecule has 0 saturated heterocycles. The summed E-state index contributed by atoms with van der Waals surface area (Å²) in [6.07, 6.45) is 0.966. The van der Waals surface area contributed by atoms with Gasteiger partial charge in [0.2, 0.25) is 10.0 Å². The second-order valence-electron chi connectivity index (χ2n) is 2.50. The molecule has 0 unspecified atom stereocenters. The van der Waals surface area contributed by atoms with Crippen LogP contribution in [-0.4, -0.2) is 14.7 Å². The van der Waals surface area contributed by atoms with Gasteiger partial charge in [-0.15, -0.1) is 0 Å². The molecule has 0 spiro atoms. The molecule has 1 N–H and O–H groups in total. The van der Waals surface area contributed by atoms with Crippen LogP contribution in [0.15, 0.2) is 22.7 Å². The van der Waals surface area contributed by atoms with Gasteiger partial charge in [-0.1, -0.05) is 15.9 Å². The average Bonchev–Trinajstić information content (AvgIpc) is 1.94. The molecule has 0 radical (unpaired) electrons. The zero-order valence-electron chi connectivity index (χ0n) is 6.71. The van der Waals surface area contributed by atoms with Crippen molar-refractivity contribution in [3.05, 3.63) is 28.5 Å². The highest BCUT2D eigenvalue weighted by molar-refractivity contribution is 9.10. The normalized spacial score (nSPS) is 11.3. The molecule has 0 saturated carbocycles. The Morgan fingerprint density at radius 2 is 2.08 bits per heavy atom. The maximum Gasteiger partial charge on any atom is 0.229 e. The van der Waals surface area contributed by atoms with Crippen LogP contribution in [0.4, 0.5) is 10.1 Å². The third-order valence-electron chi connectivity index (χ3n) is 1.22. The molecule has 0 amide bonds. The highest BCUT2D eigenvalue weighted by Crippen LogP contribution is 2.20.